The Morgan fingerprint density at radius 1 is 1.39 bits per heavy atom. The molecular formula is C12H16BrNO4. The van der Waals surface area contributed by atoms with Crippen molar-refractivity contribution in [3.63, 3.8) is 0 Å². The maximum absolute atomic E-state index is 12.0. The third-order valence-electron chi connectivity index (χ3n) is 2.32. The van der Waals surface area contributed by atoms with Gasteiger partial charge in [0.05, 0.1) is 24.3 Å². The molecule has 0 fully saturated rings. The van der Waals surface area contributed by atoms with Gasteiger partial charge in [-0.05, 0) is 34.5 Å². The highest BCUT2D eigenvalue weighted by Gasteiger charge is 2.16. The van der Waals surface area contributed by atoms with Crippen molar-refractivity contribution in [1.82, 2.24) is 5.32 Å². The van der Waals surface area contributed by atoms with Crippen LogP contribution in [0.2, 0.25) is 0 Å². The number of benzene rings is 1. The van der Waals surface area contributed by atoms with Gasteiger partial charge in [0.1, 0.15) is 11.5 Å². The molecule has 1 amide bonds. The number of amides is 1. The Morgan fingerprint density at radius 3 is 2.67 bits per heavy atom. The van der Waals surface area contributed by atoms with Crippen molar-refractivity contribution in [2.24, 2.45) is 0 Å². The summed E-state index contributed by atoms with van der Waals surface area (Å²) in [6.45, 7) is 0.451. The maximum atomic E-state index is 12.0. The maximum Gasteiger partial charge on any atom is 0.255 e. The first-order valence-electron chi connectivity index (χ1n) is 5.44. The molecule has 2 N–H and O–H groups in total. The van der Waals surface area contributed by atoms with Crippen LogP contribution in [-0.4, -0.2) is 38.4 Å². The van der Waals surface area contributed by atoms with Gasteiger partial charge in [0.15, 0.2) is 0 Å². The molecule has 0 spiro atoms. The number of hydrogen-bond donors (Lipinski definition) is 2. The number of nitrogens with one attached hydrogen (secondary N) is 1. The Balaban J connectivity index is 2.97. The molecule has 0 aromatic heterocycles. The van der Waals surface area contributed by atoms with Gasteiger partial charge in [0, 0.05) is 13.2 Å². The molecule has 0 unspecified atom stereocenters. The predicted octanol–water partition coefficient (Wildman–Crippen LogP) is 1.58. The molecule has 0 heterocycles. The van der Waals surface area contributed by atoms with Crippen molar-refractivity contribution >= 4 is 21.8 Å². The molecule has 18 heavy (non-hydrogen) atoms. The molecule has 1 aromatic carbocycles. The van der Waals surface area contributed by atoms with Gasteiger partial charge in [-0.25, -0.2) is 0 Å². The molecule has 5 nitrogen and oxygen atoms in total. The topological polar surface area (TPSA) is 67.8 Å². The number of carbonyl (C=O) groups is 1. The normalized spacial score (nSPS) is 10.0. The first-order valence-corrected chi connectivity index (χ1v) is 6.24. The van der Waals surface area contributed by atoms with Gasteiger partial charge in [-0.3, -0.25) is 4.79 Å². The van der Waals surface area contributed by atoms with E-state index in [1.54, 1.807) is 12.1 Å². The lowest BCUT2D eigenvalue weighted by molar-refractivity contribution is 0.0947. The fraction of sp³-hybridized carbons (Fsp3) is 0.417. The molecule has 0 aliphatic heterocycles. The third kappa shape index (κ3) is 3.61. The van der Waals surface area contributed by atoms with E-state index in [0.717, 1.165) is 0 Å². The second-order valence-corrected chi connectivity index (χ2v) is 4.38. The average Bonchev–Trinajstić information content (AvgIpc) is 2.37. The number of aliphatic hydroxyl groups is 1. The van der Waals surface area contributed by atoms with E-state index in [2.05, 4.69) is 21.2 Å². The summed E-state index contributed by atoms with van der Waals surface area (Å²) in [4.78, 5) is 12.0. The zero-order chi connectivity index (χ0) is 13.5. The quantitative estimate of drug-likeness (QED) is 0.782. The lowest BCUT2D eigenvalue weighted by Crippen LogP contribution is -2.25. The van der Waals surface area contributed by atoms with Crippen LogP contribution >= 0.6 is 15.9 Å². The SMILES string of the molecule is COc1cc(Br)c(OC)c(C(=O)NCCCO)c1. The number of aliphatic hydroxyl groups excluding tert-OH is 1. The fourth-order valence-corrected chi connectivity index (χ4v) is 2.04. The molecule has 1 rings (SSSR count). The van der Waals surface area contributed by atoms with Gasteiger partial charge < -0.3 is 19.9 Å². The van der Waals surface area contributed by atoms with Gasteiger partial charge >= 0.3 is 0 Å². The zero-order valence-electron chi connectivity index (χ0n) is 10.3. The summed E-state index contributed by atoms with van der Waals surface area (Å²) in [6, 6.07) is 3.33. The zero-order valence-corrected chi connectivity index (χ0v) is 11.9. The van der Waals surface area contributed by atoms with E-state index in [9.17, 15) is 4.79 Å². The average molecular weight is 318 g/mol. The lowest BCUT2D eigenvalue weighted by Gasteiger charge is -2.12. The minimum absolute atomic E-state index is 0.0409. The van der Waals surface area contributed by atoms with Crippen LogP contribution in [0.1, 0.15) is 16.8 Å². The Morgan fingerprint density at radius 2 is 2.11 bits per heavy atom. The first-order chi connectivity index (χ1) is 8.63. The Kier molecular flexibility index (Phi) is 5.94. The van der Waals surface area contributed by atoms with Crippen LogP contribution < -0.4 is 14.8 Å². The molecule has 0 aliphatic rings. The largest absolute Gasteiger partial charge is 0.497 e. The molecule has 0 saturated heterocycles. The van der Waals surface area contributed by atoms with Crippen LogP contribution in [0.3, 0.4) is 0 Å². The summed E-state index contributed by atoms with van der Waals surface area (Å²) in [5.41, 5.74) is 0.390. The monoisotopic (exact) mass is 317 g/mol. The molecule has 0 aliphatic carbocycles. The molecule has 0 bridgehead atoms. The molecule has 6 heteroatoms. The minimum Gasteiger partial charge on any atom is -0.497 e. The van der Waals surface area contributed by atoms with Gasteiger partial charge in [0.2, 0.25) is 0 Å². The first kappa shape index (κ1) is 14.8. The summed E-state index contributed by atoms with van der Waals surface area (Å²) in [6.07, 6.45) is 0.513. The van der Waals surface area contributed by atoms with Gasteiger partial charge in [0.25, 0.3) is 5.91 Å². The smallest absolute Gasteiger partial charge is 0.255 e. The van der Waals surface area contributed by atoms with E-state index in [-0.39, 0.29) is 12.5 Å². The number of methoxy groups -OCH3 is 2. The Hall–Kier alpha value is -1.27. The second kappa shape index (κ2) is 7.23. The summed E-state index contributed by atoms with van der Waals surface area (Å²) in [5.74, 6) is 0.757. The highest BCUT2D eigenvalue weighted by molar-refractivity contribution is 9.10. The molecule has 100 valence electrons. The van der Waals surface area contributed by atoms with E-state index < -0.39 is 0 Å². The van der Waals surface area contributed by atoms with E-state index >= 15 is 0 Å². The highest BCUT2D eigenvalue weighted by Crippen LogP contribution is 2.33. The lowest BCUT2D eigenvalue weighted by atomic mass is 10.1. The van der Waals surface area contributed by atoms with Crippen molar-refractivity contribution in [3.8, 4) is 11.5 Å². The Bertz CT molecular complexity index is 423. The van der Waals surface area contributed by atoms with Gasteiger partial charge in [-0.1, -0.05) is 0 Å². The molecule has 0 radical (unpaired) electrons. The second-order valence-electron chi connectivity index (χ2n) is 3.52. The Labute approximate surface area is 114 Å². The third-order valence-corrected chi connectivity index (χ3v) is 2.91. The van der Waals surface area contributed by atoms with Crippen LogP contribution in [0.4, 0.5) is 0 Å². The van der Waals surface area contributed by atoms with Crippen molar-refractivity contribution in [2.45, 2.75) is 6.42 Å². The number of ether oxygens (including phenoxy) is 2. The molecule has 1 aromatic rings. The van der Waals surface area contributed by atoms with E-state index in [1.807, 2.05) is 0 Å². The molecular weight excluding hydrogens is 302 g/mol. The van der Waals surface area contributed by atoms with E-state index in [0.29, 0.717) is 34.5 Å². The van der Waals surface area contributed by atoms with Crippen LogP contribution in [0.15, 0.2) is 16.6 Å². The number of halogens is 1. The summed E-state index contributed by atoms with van der Waals surface area (Å²) in [5, 5.41) is 11.4. The van der Waals surface area contributed by atoms with Crippen molar-refractivity contribution < 1.29 is 19.4 Å². The van der Waals surface area contributed by atoms with E-state index in [1.165, 1.54) is 14.2 Å². The number of hydrogen-bond acceptors (Lipinski definition) is 4. The summed E-state index contributed by atoms with van der Waals surface area (Å²) >= 11 is 3.32. The highest BCUT2D eigenvalue weighted by atomic mass is 79.9. The van der Waals surface area contributed by atoms with Crippen molar-refractivity contribution in [2.75, 3.05) is 27.4 Å². The van der Waals surface area contributed by atoms with Crippen LogP contribution in [0.5, 0.6) is 11.5 Å². The van der Waals surface area contributed by atoms with Crippen LogP contribution in [-0.2, 0) is 0 Å². The molecule has 0 atom stereocenters. The van der Waals surface area contributed by atoms with E-state index in [4.69, 9.17) is 14.6 Å². The molecule has 0 saturated carbocycles. The van der Waals surface area contributed by atoms with Crippen LogP contribution in [0.25, 0.3) is 0 Å². The van der Waals surface area contributed by atoms with Crippen LogP contribution in [0, 0.1) is 0 Å². The minimum atomic E-state index is -0.264. The predicted molar refractivity (Wildman–Crippen MR) is 71.3 cm³/mol. The van der Waals surface area contributed by atoms with Crippen molar-refractivity contribution in [1.29, 1.82) is 0 Å². The standard InChI is InChI=1S/C12H16BrNO4/c1-17-8-6-9(11(18-2)10(13)7-8)12(16)14-4-3-5-15/h6-7,15H,3-5H2,1-2H3,(H,14,16). The number of rotatable bonds is 6. The number of carbonyl (C=O) groups excluding carboxylic acids is 1. The van der Waals surface area contributed by atoms with Gasteiger partial charge in [-0.15, -0.1) is 0 Å². The van der Waals surface area contributed by atoms with Crippen molar-refractivity contribution in [3.05, 3.63) is 22.2 Å². The van der Waals surface area contributed by atoms with Gasteiger partial charge in [-0.2, -0.15) is 0 Å². The summed E-state index contributed by atoms with van der Waals surface area (Å²) in [7, 11) is 3.03. The fourth-order valence-electron chi connectivity index (χ4n) is 1.44. The summed E-state index contributed by atoms with van der Waals surface area (Å²) < 4.78 is 10.9.